The SMILES string of the molecule is C#CCn1ncc(Cl)c(Nc2ccc(F)c(Cl)c2)c1=O. The average molecular weight is 312 g/mol. The summed E-state index contributed by atoms with van der Waals surface area (Å²) in [5.41, 5.74) is 0.0457. The first-order valence-corrected chi connectivity index (χ1v) is 6.19. The molecule has 20 heavy (non-hydrogen) atoms. The van der Waals surface area contributed by atoms with Crippen LogP contribution in [0.2, 0.25) is 10.0 Å². The van der Waals surface area contributed by atoms with Crippen molar-refractivity contribution in [3.05, 3.63) is 50.6 Å². The zero-order valence-electron chi connectivity index (χ0n) is 10.0. The molecule has 1 aromatic heterocycles. The van der Waals surface area contributed by atoms with Gasteiger partial charge in [0.15, 0.2) is 0 Å². The van der Waals surface area contributed by atoms with Crippen LogP contribution in [0.4, 0.5) is 15.8 Å². The molecular formula is C13H8Cl2FN3O. The van der Waals surface area contributed by atoms with Gasteiger partial charge in [-0.3, -0.25) is 4.79 Å². The Hall–Kier alpha value is -2.03. The third-order valence-corrected chi connectivity index (χ3v) is 3.00. The van der Waals surface area contributed by atoms with E-state index in [9.17, 15) is 9.18 Å². The molecular weight excluding hydrogens is 304 g/mol. The van der Waals surface area contributed by atoms with E-state index in [2.05, 4.69) is 16.3 Å². The van der Waals surface area contributed by atoms with Crippen LogP contribution in [-0.2, 0) is 6.54 Å². The monoisotopic (exact) mass is 311 g/mol. The highest BCUT2D eigenvalue weighted by molar-refractivity contribution is 6.33. The Morgan fingerprint density at radius 2 is 2.15 bits per heavy atom. The number of aromatic nitrogens is 2. The van der Waals surface area contributed by atoms with Gasteiger partial charge in [-0.25, -0.2) is 9.07 Å². The largest absolute Gasteiger partial charge is 0.350 e. The Bertz CT molecular complexity index is 752. The summed E-state index contributed by atoms with van der Waals surface area (Å²) in [5, 5.41) is 6.65. The molecule has 4 nitrogen and oxygen atoms in total. The molecule has 0 aliphatic heterocycles. The normalized spacial score (nSPS) is 10.1. The molecule has 2 rings (SSSR count). The number of rotatable bonds is 3. The smallest absolute Gasteiger partial charge is 0.292 e. The van der Waals surface area contributed by atoms with Crippen molar-refractivity contribution in [3.63, 3.8) is 0 Å². The molecule has 0 saturated carbocycles. The molecule has 0 radical (unpaired) electrons. The van der Waals surface area contributed by atoms with Crippen LogP contribution in [0, 0.1) is 18.2 Å². The van der Waals surface area contributed by atoms with Crippen molar-refractivity contribution in [3.8, 4) is 12.3 Å². The summed E-state index contributed by atoms with van der Waals surface area (Å²) in [4.78, 5) is 12.1. The van der Waals surface area contributed by atoms with Crippen LogP contribution in [0.1, 0.15) is 0 Å². The number of hydrogen-bond acceptors (Lipinski definition) is 3. The van der Waals surface area contributed by atoms with E-state index >= 15 is 0 Å². The Morgan fingerprint density at radius 1 is 1.40 bits per heavy atom. The molecule has 0 bridgehead atoms. The molecule has 0 saturated heterocycles. The summed E-state index contributed by atoms with van der Waals surface area (Å²) in [6.07, 6.45) is 6.44. The average Bonchev–Trinajstić information content (AvgIpc) is 2.42. The Kier molecular flexibility index (Phi) is 4.28. The minimum atomic E-state index is -0.553. The van der Waals surface area contributed by atoms with Gasteiger partial charge in [-0.2, -0.15) is 5.10 Å². The highest BCUT2D eigenvalue weighted by Crippen LogP contribution is 2.24. The highest BCUT2D eigenvalue weighted by Gasteiger charge is 2.10. The number of benzene rings is 1. The molecule has 0 aliphatic rings. The van der Waals surface area contributed by atoms with Crippen molar-refractivity contribution in [2.75, 3.05) is 5.32 Å². The lowest BCUT2D eigenvalue weighted by Gasteiger charge is -2.09. The standard InChI is InChI=1S/C13H8Cl2FN3O/c1-2-5-19-13(20)12(10(15)7-17-19)18-8-3-4-11(16)9(14)6-8/h1,3-4,6-7,18H,5H2. The second-order valence-electron chi connectivity index (χ2n) is 3.79. The first kappa shape index (κ1) is 14.4. The summed E-state index contributed by atoms with van der Waals surface area (Å²) < 4.78 is 14.2. The Morgan fingerprint density at radius 3 is 2.80 bits per heavy atom. The highest BCUT2D eigenvalue weighted by atomic mass is 35.5. The van der Waals surface area contributed by atoms with Gasteiger partial charge in [0.05, 0.1) is 16.2 Å². The molecule has 0 unspecified atom stereocenters. The lowest BCUT2D eigenvalue weighted by atomic mass is 10.3. The Labute approximate surface area is 124 Å². The van der Waals surface area contributed by atoms with Crippen molar-refractivity contribution in [2.45, 2.75) is 6.54 Å². The summed E-state index contributed by atoms with van der Waals surface area (Å²) in [6, 6.07) is 3.96. The van der Waals surface area contributed by atoms with Gasteiger partial charge in [-0.05, 0) is 18.2 Å². The van der Waals surface area contributed by atoms with E-state index in [1.807, 2.05) is 0 Å². The summed E-state index contributed by atoms with van der Waals surface area (Å²) in [6.45, 7) is 0.0227. The molecule has 102 valence electrons. The van der Waals surface area contributed by atoms with E-state index in [1.54, 1.807) is 0 Å². The van der Waals surface area contributed by atoms with Gasteiger partial charge in [-0.1, -0.05) is 29.1 Å². The fourth-order valence-corrected chi connectivity index (χ4v) is 1.85. The van der Waals surface area contributed by atoms with Crippen LogP contribution in [-0.4, -0.2) is 9.78 Å². The number of nitrogens with one attached hydrogen (secondary N) is 1. The molecule has 0 amide bonds. The number of terminal acetylenes is 1. The summed E-state index contributed by atoms with van der Waals surface area (Å²) in [7, 11) is 0. The van der Waals surface area contributed by atoms with Crippen molar-refractivity contribution >= 4 is 34.6 Å². The molecule has 0 atom stereocenters. The van der Waals surface area contributed by atoms with Crippen molar-refractivity contribution in [1.82, 2.24) is 9.78 Å². The maximum Gasteiger partial charge on any atom is 0.292 e. The third kappa shape index (κ3) is 2.93. The van der Waals surface area contributed by atoms with Crippen molar-refractivity contribution < 1.29 is 4.39 Å². The van der Waals surface area contributed by atoms with Crippen LogP contribution >= 0.6 is 23.2 Å². The molecule has 2 aromatic rings. The number of nitrogens with zero attached hydrogens (tertiary/aromatic N) is 2. The van der Waals surface area contributed by atoms with Gasteiger partial charge in [0.25, 0.3) is 5.56 Å². The Balaban J connectivity index is 2.43. The van der Waals surface area contributed by atoms with E-state index in [-0.39, 0.29) is 22.3 Å². The van der Waals surface area contributed by atoms with Crippen LogP contribution in [0.25, 0.3) is 0 Å². The maximum atomic E-state index is 13.1. The fourth-order valence-electron chi connectivity index (χ4n) is 1.50. The van der Waals surface area contributed by atoms with Gasteiger partial charge in [0.1, 0.15) is 18.0 Å². The minimum Gasteiger partial charge on any atom is -0.350 e. The van der Waals surface area contributed by atoms with Gasteiger partial charge in [-0.15, -0.1) is 6.42 Å². The van der Waals surface area contributed by atoms with Gasteiger partial charge < -0.3 is 5.32 Å². The first-order valence-electron chi connectivity index (χ1n) is 5.44. The predicted octanol–water partition coefficient (Wildman–Crippen LogP) is 3.07. The number of anilines is 2. The minimum absolute atomic E-state index is 0.0227. The predicted molar refractivity (Wildman–Crippen MR) is 77.0 cm³/mol. The topological polar surface area (TPSA) is 46.9 Å². The van der Waals surface area contributed by atoms with Crippen LogP contribution in [0.5, 0.6) is 0 Å². The first-order chi connectivity index (χ1) is 9.52. The third-order valence-electron chi connectivity index (χ3n) is 2.43. The lowest BCUT2D eigenvalue weighted by Crippen LogP contribution is -2.24. The zero-order valence-corrected chi connectivity index (χ0v) is 11.5. The van der Waals surface area contributed by atoms with E-state index < -0.39 is 11.4 Å². The van der Waals surface area contributed by atoms with Gasteiger partial charge in [0, 0.05) is 5.69 Å². The quantitative estimate of drug-likeness (QED) is 0.886. The van der Waals surface area contributed by atoms with Crippen LogP contribution < -0.4 is 10.9 Å². The number of hydrogen-bond donors (Lipinski definition) is 1. The van der Waals surface area contributed by atoms with Gasteiger partial charge in [0.2, 0.25) is 0 Å². The molecule has 1 aromatic carbocycles. The second-order valence-corrected chi connectivity index (χ2v) is 4.60. The summed E-state index contributed by atoms with van der Waals surface area (Å²) >= 11 is 11.6. The molecule has 1 N–H and O–H groups in total. The maximum absolute atomic E-state index is 13.1. The molecule has 0 fully saturated rings. The van der Waals surface area contributed by atoms with Crippen LogP contribution in [0.3, 0.4) is 0 Å². The van der Waals surface area contributed by atoms with Crippen molar-refractivity contribution in [2.24, 2.45) is 0 Å². The lowest BCUT2D eigenvalue weighted by molar-refractivity contribution is 0.628. The van der Waals surface area contributed by atoms with Crippen molar-refractivity contribution in [1.29, 1.82) is 0 Å². The van der Waals surface area contributed by atoms with E-state index in [0.29, 0.717) is 5.69 Å². The van der Waals surface area contributed by atoms with Crippen LogP contribution in [0.15, 0.2) is 29.2 Å². The number of halogens is 3. The second kappa shape index (κ2) is 5.95. The fraction of sp³-hybridized carbons (Fsp3) is 0.0769. The molecule has 1 heterocycles. The summed E-state index contributed by atoms with van der Waals surface area (Å²) in [5.74, 6) is 1.76. The molecule has 0 spiro atoms. The van der Waals surface area contributed by atoms with E-state index in [1.165, 1.54) is 24.4 Å². The molecule has 0 aliphatic carbocycles. The van der Waals surface area contributed by atoms with E-state index in [4.69, 9.17) is 29.6 Å². The van der Waals surface area contributed by atoms with E-state index in [0.717, 1.165) is 4.68 Å². The molecule has 7 heteroatoms. The zero-order chi connectivity index (χ0) is 14.7. The van der Waals surface area contributed by atoms with Gasteiger partial charge >= 0.3 is 0 Å².